The summed E-state index contributed by atoms with van der Waals surface area (Å²) in [5, 5.41) is 9.78. The molecule has 6 nitrogen and oxygen atoms in total. The van der Waals surface area contributed by atoms with E-state index in [1.165, 1.54) is 6.07 Å². The van der Waals surface area contributed by atoms with E-state index in [0.717, 1.165) is 0 Å². The Morgan fingerprint density at radius 2 is 2.09 bits per heavy atom. The monoisotopic (exact) mass is 355 g/mol. The summed E-state index contributed by atoms with van der Waals surface area (Å²) in [6.07, 6.45) is -0.781. The van der Waals surface area contributed by atoms with E-state index < -0.39 is 26.4 Å². The molecular weight excluding hydrogens is 336 g/mol. The Bertz CT molecular complexity index is 541. The van der Waals surface area contributed by atoms with Gasteiger partial charge in [-0.1, -0.05) is 23.7 Å². The normalized spacial score (nSPS) is 15.1. The first-order chi connectivity index (χ1) is 10.1. The Labute approximate surface area is 133 Å². The van der Waals surface area contributed by atoms with Crippen LogP contribution in [0.5, 0.6) is 0 Å². The lowest BCUT2D eigenvalue weighted by Gasteiger charge is -2.27. The SMILES string of the molecule is C[C@@H](CC(O)COP(=O)(O)O)N(C)Cc1cccc(F)c1Cl. The second-order valence-corrected chi connectivity index (χ2v) is 6.77. The highest BCUT2D eigenvalue weighted by molar-refractivity contribution is 7.46. The van der Waals surface area contributed by atoms with Crippen LogP contribution in [0.15, 0.2) is 18.2 Å². The zero-order valence-corrected chi connectivity index (χ0v) is 14.0. The summed E-state index contributed by atoms with van der Waals surface area (Å²) < 4.78 is 28.2. The fraction of sp³-hybridized carbons (Fsp3) is 0.538. The third-order valence-electron chi connectivity index (χ3n) is 3.25. The summed E-state index contributed by atoms with van der Waals surface area (Å²) in [6.45, 7) is 1.75. The lowest BCUT2D eigenvalue weighted by Crippen LogP contribution is -2.33. The van der Waals surface area contributed by atoms with Gasteiger partial charge in [-0.05, 0) is 32.0 Å². The molecular formula is C13H20ClFNO5P. The van der Waals surface area contributed by atoms with Crippen LogP contribution in [0, 0.1) is 5.82 Å². The maximum atomic E-state index is 13.4. The van der Waals surface area contributed by atoms with Gasteiger partial charge in [0.05, 0.1) is 17.7 Å². The lowest BCUT2D eigenvalue weighted by molar-refractivity contribution is 0.0584. The Hall–Kier alpha value is -0.530. The summed E-state index contributed by atoms with van der Waals surface area (Å²) >= 11 is 5.89. The van der Waals surface area contributed by atoms with Gasteiger partial charge in [0.25, 0.3) is 0 Å². The molecule has 2 atom stereocenters. The summed E-state index contributed by atoms with van der Waals surface area (Å²) in [4.78, 5) is 19.0. The van der Waals surface area contributed by atoms with Crippen molar-refractivity contribution in [3.8, 4) is 0 Å². The van der Waals surface area contributed by atoms with Gasteiger partial charge in [-0.2, -0.15) is 0 Å². The largest absolute Gasteiger partial charge is 0.469 e. The Kier molecular flexibility index (Phi) is 7.41. The van der Waals surface area contributed by atoms with Crippen molar-refractivity contribution in [3.63, 3.8) is 0 Å². The maximum absolute atomic E-state index is 13.4. The highest BCUT2D eigenvalue weighted by Crippen LogP contribution is 2.35. The molecule has 1 aromatic rings. The number of hydrogen-bond acceptors (Lipinski definition) is 4. The average molecular weight is 356 g/mol. The fourth-order valence-electron chi connectivity index (χ4n) is 1.92. The second-order valence-electron chi connectivity index (χ2n) is 5.15. The molecule has 0 saturated heterocycles. The smallest absolute Gasteiger partial charge is 0.391 e. The molecule has 1 rings (SSSR count). The van der Waals surface area contributed by atoms with Crippen molar-refractivity contribution in [2.24, 2.45) is 0 Å². The summed E-state index contributed by atoms with van der Waals surface area (Å²) in [7, 11) is -2.81. The minimum Gasteiger partial charge on any atom is -0.391 e. The van der Waals surface area contributed by atoms with Gasteiger partial charge < -0.3 is 14.9 Å². The van der Waals surface area contributed by atoms with Crippen LogP contribution in [0.1, 0.15) is 18.9 Å². The molecule has 0 fully saturated rings. The summed E-state index contributed by atoms with van der Waals surface area (Å²) in [5.41, 5.74) is 0.622. The molecule has 0 aromatic heterocycles. The number of hydrogen-bond donors (Lipinski definition) is 3. The van der Waals surface area contributed by atoms with Crippen LogP contribution in [0.2, 0.25) is 5.02 Å². The minimum atomic E-state index is -4.59. The molecule has 0 amide bonds. The van der Waals surface area contributed by atoms with Crippen molar-refractivity contribution in [1.82, 2.24) is 4.90 Å². The van der Waals surface area contributed by atoms with E-state index >= 15 is 0 Å². The molecule has 0 aliphatic rings. The topological polar surface area (TPSA) is 90.2 Å². The van der Waals surface area contributed by atoms with Gasteiger partial charge in [-0.15, -0.1) is 0 Å². The summed E-state index contributed by atoms with van der Waals surface area (Å²) in [5.74, 6) is -0.490. The van der Waals surface area contributed by atoms with Gasteiger partial charge in [0.1, 0.15) is 5.82 Å². The molecule has 1 unspecified atom stereocenters. The van der Waals surface area contributed by atoms with Crippen LogP contribution >= 0.6 is 19.4 Å². The molecule has 126 valence electrons. The highest BCUT2D eigenvalue weighted by atomic mass is 35.5. The number of rotatable bonds is 8. The molecule has 0 aliphatic carbocycles. The molecule has 0 aliphatic heterocycles. The van der Waals surface area contributed by atoms with E-state index in [9.17, 15) is 14.1 Å². The van der Waals surface area contributed by atoms with Crippen LogP contribution in [0.4, 0.5) is 4.39 Å². The number of benzene rings is 1. The average Bonchev–Trinajstić information content (AvgIpc) is 2.40. The number of halogens is 2. The Balaban J connectivity index is 2.53. The van der Waals surface area contributed by atoms with E-state index in [1.807, 2.05) is 11.8 Å². The quantitative estimate of drug-likeness (QED) is 0.619. The van der Waals surface area contributed by atoms with Gasteiger partial charge in [-0.3, -0.25) is 9.42 Å². The van der Waals surface area contributed by atoms with Gasteiger partial charge in [0, 0.05) is 12.6 Å². The van der Waals surface area contributed by atoms with Crippen LogP contribution in [0.25, 0.3) is 0 Å². The Morgan fingerprint density at radius 3 is 2.68 bits per heavy atom. The van der Waals surface area contributed by atoms with Gasteiger partial charge in [0.15, 0.2) is 0 Å². The van der Waals surface area contributed by atoms with Gasteiger partial charge >= 0.3 is 7.82 Å². The predicted molar refractivity (Wildman–Crippen MR) is 81.0 cm³/mol. The van der Waals surface area contributed by atoms with Crippen LogP contribution in [-0.2, 0) is 15.6 Å². The number of phosphoric ester groups is 1. The molecule has 0 heterocycles. The van der Waals surface area contributed by atoms with Crippen molar-refractivity contribution >= 4 is 19.4 Å². The van der Waals surface area contributed by atoms with E-state index in [1.54, 1.807) is 19.2 Å². The molecule has 0 spiro atoms. The van der Waals surface area contributed by atoms with Crippen molar-refractivity contribution in [2.75, 3.05) is 13.7 Å². The zero-order valence-electron chi connectivity index (χ0n) is 12.3. The molecule has 0 saturated carbocycles. The standard InChI is InChI=1S/C13H20ClFNO5P/c1-9(6-11(17)8-21-22(18,19)20)16(2)7-10-4-3-5-12(15)13(10)14/h3-5,9,11,17H,6-8H2,1-2H3,(H2,18,19,20)/t9-,11?/m0/s1. The molecule has 1 aromatic carbocycles. The Morgan fingerprint density at radius 1 is 1.45 bits per heavy atom. The highest BCUT2D eigenvalue weighted by Gasteiger charge is 2.20. The lowest BCUT2D eigenvalue weighted by atomic mass is 10.1. The zero-order chi connectivity index (χ0) is 16.9. The second kappa shape index (κ2) is 8.36. The number of aliphatic hydroxyl groups excluding tert-OH is 1. The minimum absolute atomic E-state index is 0.0620. The van der Waals surface area contributed by atoms with E-state index in [2.05, 4.69) is 4.52 Å². The van der Waals surface area contributed by atoms with Crippen molar-refractivity contribution in [2.45, 2.75) is 32.0 Å². The van der Waals surface area contributed by atoms with Crippen molar-refractivity contribution < 1.29 is 28.4 Å². The fourth-order valence-corrected chi connectivity index (χ4v) is 2.47. The van der Waals surface area contributed by atoms with Crippen molar-refractivity contribution in [1.29, 1.82) is 0 Å². The first-order valence-corrected chi connectivity index (χ1v) is 8.52. The first kappa shape index (κ1) is 19.5. The number of nitrogens with zero attached hydrogens (tertiary/aromatic N) is 1. The van der Waals surface area contributed by atoms with Gasteiger partial charge in [0.2, 0.25) is 0 Å². The van der Waals surface area contributed by atoms with Crippen LogP contribution in [0.3, 0.4) is 0 Å². The van der Waals surface area contributed by atoms with Crippen molar-refractivity contribution in [3.05, 3.63) is 34.6 Å². The summed E-state index contributed by atoms with van der Waals surface area (Å²) in [6, 6.07) is 4.42. The maximum Gasteiger partial charge on any atom is 0.469 e. The molecule has 9 heteroatoms. The molecule has 0 radical (unpaired) electrons. The van der Waals surface area contributed by atoms with Crippen LogP contribution < -0.4 is 0 Å². The third kappa shape index (κ3) is 6.71. The predicted octanol–water partition coefficient (Wildman–Crippen LogP) is 2.16. The van der Waals surface area contributed by atoms with E-state index in [0.29, 0.717) is 12.1 Å². The van der Waals surface area contributed by atoms with E-state index in [4.69, 9.17) is 21.4 Å². The first-order valence-electron chi connectivity index (χ1n) is 6.61. The number of aliphatic hydroxyl groups is 1. The van der Waals surface area contributed by atoms with E-state index in [-0.39, 0.29) is 17.5 Å². The third-order valence-corrected chi connectivity index (χ3v) is 4.16. The molecule has 3 N–H and O–H groups in total. The van der Waals surface area contributed by atoms with Gasteiger partial charge in [-0.25, -0.2) is 8.96 Å². The van der Waals surface area contributed by atoms with Crippen LogP contribution in [-0.4, -0.2) is 45.6 Å². The number of phosphoric acid groups is 1. The molecule has 22 heavy (non-hydrogen) atoms. The molecule has 0 bridgehead atoms.